The maximum atomic E-state index is 5.95. The van der Waals surface area contributed by atoms with Gasteiger partial charge in [-0.15, -0.1) is 0 Å². The second-order valence-corrected chi connectivity index (χ2v) is 5.06. The highest BCUT2D eigenvalue weighted by atomic mass is 16.5. The summed E-state index contributed by atoms with van der Waals surface area (Å²) in [7, 11) is 2.11. The number of nitrogens with zero attached hydrogens (tertiary/aromatic N) is 1. The molecular formula is C13H20N2O. The molecule has 1 heterocycles. The van der Waals surface area contributed by atoms with Crippen LogP contribution in [0.15, 0.2) is 18.2 Å². The number of hydrogen-bond acceptors (Lipinski definition) is 3. The van der Waals surface area contributed by atoms with E-state index in [4.69, 9.17) is 10.5 Å². The minimum absolute atomic E-state index is 0.114. The second kappa shape index (κ2) is 3.98. The zero-order valence-electron chi connectivity index (χ0n) is 10.3. The van der Waals surface area contributed by atoms with Gasteiger partial charge in [-0.3, -0.25) is 0 Å². The van der Waals surface area contributed by atoms with Gasteiger partial charge in [0.25, 0.3) is 0 Å². The summed E-state index contributed by atoms with van der Waals surface area (Å²) < 4.78 is 5.95. The van der Waals surface area contributed by atoms with Crippen LogP contribution in [-0.2, 0) is 6.42 Å². The molecule has 88 valence electrons. The predicted octanol–water partition coefficient (Wildman–Crippen LogP) is 1.79. The summed E-state index contributed by atoms with van der Waals surface area (Å²) in [5.74, 6) is 0.972. The summed E-state index contributed by atoms with van der Waals surface area (Å²) in [6, 6.07) is 6.33. The van der Waals surface area contributed by atoms with Crippen molar-refractivity contribution in [1.82, 2.24) is 0 Å². The summed E-state index contributed by atoms with van der Waals surface area (Å²) in [5.41, 5.74) is 7.90. The SMILES string of the molecule is CN1CC(C)(C)Oc2ccc(CCN)cc21. The van der Waals surface area contributed by atoms with Crippen LogP contribution in [0.25, 0.3) is 0 Å². The minimum atomic E-state index is -0.114. The van der Waals surface area contributed by atoms with Crippen molar-refractivity contribution in [1.29, 1.82) is 0 Å². The van der Waals surface area contributed by atoms with Crippen LogP contribution in [0.2, 0.25) is 0 Å². The monoisotopic (exact) mass is 220 g/mol. The third-order valence-corrected chi connectivity index (χ3v) is 2.87. The average molecular weight is 220 g/mol. The van der Waals surface area contributed by atoms with Gasteiger partial charge in [0, 0.05) is 7.05 Å². The van der Waals surface area contributed by atoms with Gasteiger partial charge in [-0.05, 0) is 44.5 Å². The number of likely N-dealkylation sites (N-methyl/N-ethyl adjacent to an activating group) is 1. The Morgan fingerprint density at radius 1 is 1.44 bits per heavy atom. The molecular weight excluding hydrogens is 200 g/mol. The number of benzene rings is 1. The lowest BCUT2D eigenvalue weighted by molar-refractivity contribution is 0.107. The van der Waals surface area contributed by atoms with Crippen LogP contribution in [0.4, 0.5) is 5.69 Å². The van der Waals surface area contributed by atoms with Crippen LogP contribution in [0, 0.1) is 0 Å². The van der Waals surface area contributed by atoms with E-state index in [2.05, 4.69) is 44.0 Å². The smallest absolute Gasteiger partial charge is 0.143 e. The van der Waals surface area contributed by atoms with Crippen molar-refractivity contribution in [2.24, 2.45) is 5.73 Å². The molecule has 0 bridgehead atoms. The summed E-state index contributed by atoms with van der Waals surface area (Å²) in [4.78, 5) is 2.25. The molecule has 2 rings (SSSR count). The fraction of sp³-hybridized carbons (Fsp3) is 0.538. The molecule has 1 aromatic rings. The summed E-state index contributed by atoms with van der Waals surface area (Å²) in [5, 5.41) is 0. The van der Waals surface area contributed by atoms with Crippen LogP contribution in [-0.4, -0.2) is 25.7 Å². The molecule has 0 saturated heterocycles. The first kappa shape index (κ1) is 11.3. The van der Waals surface area contributed by atoms with Gasteiger partial charge in [-0.1, -0.05) is 6.07 Å². The molecule has 16 heavy (non-hydrogen) atoms. The van der Waals surface area contributed by atoms with Gasteiger partial charge in [0.2, 0.25) is 0 Å². The molecule has 0 fully saturated rings. The first-order valence-electron chi connectivity index (χ1n) is 5.75. The average Bonchev–Trinajstić information content (AvgIpc) is 2.18. The lowest BCUT2D eigenvalue weighted by atomic mass is 10.0. The number of hydrogen-bond donors (Lipinski definition) is 1. The Morgan fingerprint density at radius 3 is 2.88 bits per heavy atom. The van der Waals surface area contributed by atoms with E-state index in [-0.39, 0.29) is 5.60 Å². The number of ether oxygens (including phenoxy) is 1. The quantitative estimate of drug-likeness (QED) is 0.826. The second-order valence-electron chi connectivity index (χ2n) is 5.06. The Kier molecular flexibility index (Phi) is 2.80. The van der Waals surface area contributed by atoms with Gasteiger partial charge >= 0.3 is 0 Å². The molecule has 0 saturated carbocycles. The normalized spacial score (nSPS) is 17.9. The molecule has 0 amide bonds. The number of fused-ring (bicyclic) bond motifs is 1. The van der Waals surface area contributed by atoms with E-state index >= 15 is 0 Å². The number of anilines is 1. The van der Waals surface area contributed by atoms with Gasteiger partial charge in [-0.2, -0.15) is 0 Å². The minimum Gasteiger partial charge on any atom is -0.484 e. The Balaban J connectivity index is 2.33. The maximum Gasteiger partial charge on any atom is 0.143 e. The van der Waals surface area contributed by atoms with Gasteiger partial charge in [0.15, 0.2) is 0 Å². The Labute approximate surface area is 97.2 Å². The molecule has 1 aliphatic rings. The van der Waals surface area contributed by atoms with E-state index in [1.807, 2.05) is 0 Å². The molecule has 0 aromatic heterocycles. The molecule has 0 unspecified atom stereocenters. The summed E-state index contributed by atoms with van der Waals surface area (Å²) in [6.45, 7) is 5.82. The highest BCUT2D eigenvalue weighted by Gasteiger charge is 2.29. The van der Waals surface area contributed by atoms with Crippen LogP contribution in [0.1, 0.15) is 19.4 Å². The van der Waals surface area contributed by atoms with Gasteiger partial charge in [0.1, 0.15) is 11.4 Å². The fourth-order valence-corrected chi connectivity index (χ4v) is 2.26. The molecule has 1 aliphatic heterocycles. The summed E-state index contributed by atoms with van der Waals surface area (Å²) >= 11 is 0. The Morgan fingerprint density at radius 2 is 2.19 bits per heavy atom. The van der Waals surface area contributed by atoms with Crippen LogP contribution in [0.3, 0.4) is 0 Å². The lowest BCUT2D eigenvalue weighted by Crippen LogP contribution is -2.45. The van der Waals surface area contributed by atoms with E-state index in [1.165, 1.54) is 11.3 Å². The van der Waals surface area contributed by atoms with E-state index in [1.54, 1.807) is 0 Å². The fourth-order valence-electron chi connectivity index (χ4n) is 2.26. The van der Waals surface area contributed by atoms with Crippen molar-refractivity contribution in [3.05, 3.63) is 23.8 Å². The van der Waals surface area contributed by atoms with E-state index in [9.17, 15) is 0 Å². The molecule has 0 spiro atoms. The molecule has 0 radical (unpaired) electrons. The first-order valence-corrected chi connectivity index (χ1v) is 5.75. The molecule has 1 aromatic carbocycles. The van der Waals surface area contributed by atoms with E-state index < -0.39 is 0 Å². The van der Waals surface area contributed by atoms with Gasteiger partial charge < -0.3 is 15.4 Å². The topological polar surface area (TPSA) is 38.5 Å². The van der Waals surface area contributed by atoms with E-state index in [0.717, 1.165) is 18.7 Å². The van der Waals surface area contributed by atoms with E-state index in [0.29, 0.717) is 6.54 Å². The Hall–Kier alpha value is -1.22. The van der Waals surface area contributed by atoms with Crippen molar-refractivity contribution in [2.45, 2.75) is 25.9 Å². The standard InChI is InChI=1S/C13H20N2O/c1-13(2)9-15(3)11-8-10(6-7-14)4-5-12(11)16-13/h4-5,8H,6-7,9,14H2,1-3H3. The highest BCUT2D eigenvalue weighted by Crippen LogP contribution is 2.36. The third kappa shape index (κ3) is 2.14. The zero-order valence-corrected chi connectivity index (χ0v) is 10.3. The van der Waals surface area contributed by atoms with Crippen molar-refractivity contribution < 1.29 is 4.74 Å². The highest BCUT2D eigenvalue weighted by molar-refractivity contribution is 5.61. The third-order valence-electron chi connectivity index (χ3n) is 2.87. The van der Waals surface area contributed by atoms with Crippen molar-refractivity contribution in [2.75, 3.05) is 25.0 Å². The van der Waals surface area contributed by atoms with Crippen LogP contribution < -0.4 is 15.4 Å². The number of rotatable bonds is 2. The molecule has 3 nitrogen and oxygen atoms in total. The number of nitrogens with two attached hydrogens (primary N) is 1. The molecule has 2 N–H and O–H groups in total. The first-order chi connectivity index (χ1) is 7.52. The van der Waals surface area contributed by atoms with Crippen LogP contribution in [0.5, 0.6) is 5.75 Å². The van der Waals surface area contributed by atoms with Crippen molar-refractivity contribution >= 4 is 5.69 Å². The summed E-state index contributed by atoms with van der Waals surface area (Å²) in [6.07, 6.45) is 0.921. The molecule has 0 atom stereocenters. The maximum absolute atomic E-state index is 5.95. The predicted molar refractivity (Wildman–Crippen MR) is 67.2 cm³/mol. The van der Waals surface area contributed by atoms with Gasteiger partial charge in [-0.25, -0.2) is 0 Å². The molecule has 3 heteroatoms. The Bertz CT molecular complexity index is 388. The van der Waals surface area contributed by atoms with Crippen molar-refractivity contribution in [3.8, 4) is 5.75 Å². The molecule has 0 aliphatic carbocycles. The zero-order chi connectivity index (χ0) is 11.8. The van der Waals surface area contributed by atoms with Gasteiger partial charge in [0.05, 0.1) is 12.2 Å². The lowest BCUT2D eigenvalue weighted by Gasteiger charge is -2.39. The van der Waals surface area contributed by atoms with Crippen molar-refractivity contribution in [3.63, 3.8) is 0 Å². The van der Waals surface area contributed by atoms with Crippen LogP contribution >= 0.6 is 0 Å². The largest absolute Gasteiger partial charge is 0.484 e.